The van der Waals surface area contributed by atoms with Gasteiger partial charge in [-0.15, -0.1) is 0 Å². The van der Waals surface area contributed by atoms with Crippen molar-refractivity contribution in [1.82, 2.24) is 0 Å². The third kappa shape index (κ3) is 4.17. The summed E-state index contributed by atoms with van der Waals surface area (Å²) < 4.78 is 13.6. The summed E-state index contributed by atoms with van der Waals surface area (Å²) >= 11 is 0. The minimum Gasteiger partial charge on any atom is -0.323 e. The van der Waals surface area contributed by atoms with Gasteiger partial charge in [0.05, 0.1) is 11.6 Å². The Morgan fingerprint density at radius 1 is 1.05 bits per heavy atom. The van der Waals surface area contributed by atoms with Crippen molar-refractivity contribution in [3.05, 3.63) is 65.5 Å². The predicted molar refractivity (Wildman–Crippen MR) is 88.4 cm³/mol. The maximum absolute atomic E-state index is 13.6. The zero-order valence-corrected chi connectivity index (χ0v) is 13.3. The van der Waals surface area contributed by atoms with Gasteiger partial charge in [-0.25, -0.2) is 4.39 Å². The fraction of sp³-hybridized carbons (Fsp3) is 0.316. The van der Waals surface area contributed by atoms with Crippen LogP contribution in [0, 0.1) is 11.7 Å². The van der Waals surface area contributed by atoms with Crippen molar-refractivity contribution in [3.63, 3.8) is 0 Å². The number of halogens is 1. The molecular formula is C19H22FNO. The molecular weight excluding hydrogens is 277 g/mol. The molecule has 2 rings (SSSR count). The van der Waals surface area contributed by atoms with E-state index in [4.69, 9.17) is 0 Å². The highest BCUT2D eigenvalue weighted by atomic mass is 19.1. The van der Waals surface area contributed by atoms with E-state index in [9.17, 15) is 9.18 Å². The minimum atomic E-state index is -0.421. The average molecular weight is 299 g/mol. The molecule has 3 heteroatoms. The van der Waals surface area contributed by atoms with Crippen LogP contribution in [0.25, 0.3) is 0 Å². The van der Waals surface area contributed by atoms with Crippen LogP contribution >= 0.6 is 0 Å². The first-order valence-corrected chi connectivity index (χ1v) is 7.61. The van der Waals surface area contributed by atoms with Crippen LogP contribution in [0.1, 0.15) is 37.8 Å². The van der Waals surface area contributed by atoms with E-state index >= 15 is 0 Å². The zero-order valence-electron chi connectivity index (χ0n) is 13.3. The van der Waals surface area contributed by atoms with Crippen LogP contribution in [-0.4, -0.2) is 5.91 Å². The number of benzene rings is 2. The van der Waals surface area contributed by atoms with Crippen molar-refractivity contribution < 1.29 is 9.18 Å². The molecule has 22 heavy (non-hydrogen) atoms. The van der Waals surface area contributed by atoms with Crippen LogP contribution in [0.15, 0.2) is 48.5 Å². The van der Waals surface area contributed by atoms with Gasteiger partial charge in [-0.05, 0) is 42.5 Å². The van der Waals surface area contributed by atoms with E-state index < -0.39 is 5.82 Å². The zero-order chi connectivity index (χ0) is 16.1. The summed E-state index contributed by atoms with van der Waals surface area (Å²) in [6.45, 7) is 6.18. The molecule has 1 amide bonds. The van der Waals surface area contributed by atoms with E-state index in [0.717, 1.165) is 12.0 Å². The van der Waals surface area contributed by atoms with Crippen LogP contribution in [0.5, 0.6) is 0 Å². The quantitative estimate of drug-likeness (QED) is 0.847. The van der Waals surface area contributed by atoms with E-state index in [1.54, 1.807) is 18.2 Å². The molecule has 1 unspecified atom stereocenters. The Balaban J connectivity index is 2.05. The maximum atomic E-state index is 13.6. The number of hydrogen-bond acceptors (Lipinski definition) is 1. The number of amides is 1. The molecule has 1 N–H and O–H groups in total. The summed E-state index contributed by atoms with van der Waals surface area (Å²) in [7, 11) is 0. The van der Waals surface area contributed by atoms with Crippen LogP contribution in [0.2, 0.25) is 0 Å². The molecule has 0 aromatic heterocycles. The number of nitrogens with one attached hydrogen (secondary N) is 1. The van der Waals surface area contributed by atoms with Crippen molar-refractivity contribution in [2.75, 3.05) is 5.32 Å². The number of rotatable bonds is 5. The van der Waals surface area contributed by atoms with Gasteiger partial charge in [-0.1, -0.05) is 50.2 Å². The van der Waals surface area contributed by atoms with E-state index in [1.165, 1.54) is 11.6 Å². The molecule has 0 saturated heterocycles. The van der Waals surface area contributed by atoms with Gasteiger partial charge in [-0.3, -0.25) is 4.79 Å². The van der Waals surface area contributed by atoms with Crippen LogP contribution in [0.3, 0.4) is 0 Å². The normalized spacial score (nSPS) is 12.2. The highest BCUT2D eigenvalue weighted by molar-refractivity contribution is 5.95. The van der Waals surface area contributed by atoms with E-state index in [2.05, 4.69) is 31.3 Å². The molecule has 2 nitrogen and oxygen atoms in total. The first-order valence-electron chi connectivity index (χ1n) is 7.61. The smallest absolute Gasteiger partial charge is 0.231 e. The summed E-state index contributed by atoms with van der Waals surface area (Å²) in [6, 6.07) is 14.3. The molecule has 0 bridgehead atoms. The largest absolute Gasteiger partial charge is 0.323 e. The number of anilines is 1. The Kier molecular flexibility index (Phi) is 5.31. The second kappa shape index (κ2) is 7.21. The van der Waals surface area contributed by atoms with Gasteiger partial charge in [0.1, 0.15) is 5.82 Å². The Hall–Kier alpha value is -2.16. The van der Waals surface area contributed by atoms with Crippen molar-refractivity contribution in [3.8, 4) is 0 Å². The van der Waals surface area contributed by atoms with Crippen molar-refractivity contribution in [1.29, 1.82) is 0 Å². The Labute approximate surface area is 131 Å². The molecule has 1 atom stereocenters. The second-order valence-corrected chi connectivity index (χ2v) is 6.03. The van der Waals surface area contributed by atoms with Gasteiger partial charge in [0.15, 0.2) is 0 Å². The summed E-state index contributed by atoms with van der Waals surface area (Å²) in [6.07, 6.45) is 1.02. The molecule has 0 aliphatic heterocycles. The van der Waals surface area contributed by atoms with Crippen molar-refractivity contribution >= 4 is 11.6 Å². The number of hydrogen-bond donors (Lipinski definition) is 1. The fourth-order valence-electron chi connectivity index (χ4n) is 2.37. The minimum absolute atomic E-state index is 0.207. The van der Waals surface area contributed by atoms with Gasteiger partial charge in [0, 0.05) is 0 Å². The molecule has 0 aliphatic carbocycles. The highest BCUT2D eigenvalue weighted by Crippen LogP contribution is 2.20. The van der Waals surface area contributed by atoms with Gasteiger partial charge < -0.3 is 5.32 Å². The van der Waals surface area contributed by atoms with Crippen molar-refractivity contribution in [2.45, 2.75) is 33.1 Å². The lowest BCUT2D eigenvalue weighted by atomic mass is 9.96. The first kappa shape index (κ1) is 16.2. The Bertz CT molecular complexity index is 634. The Morgan fingerprint density at radius 3 is 2.27 bits per heavy atom. The second-order valence-electron chi connectivity index (χ2n) is 6.03. The van der Waals surface area contributed by atoms with Gasteiger partial charge in [0.2, 0.25) is 5.91 Å². The number of carbonyl (C=O) groups excluding carboxylic acids is 1. The summed E-state index contributed by atoms with van der Waals surface area (Å²) in [4.78, 5) is 12.3. The third-order valence-corrected chi connectivity index (χ3v) is 3.65. The molecule has 0 aliphatic rings. The summed E-state index contributed by atoms with van der Waals surface area (Å²) in [5.74, 6) is -0.350. The topological polar surface area (TPSA) is 29.1 Å². The molecule has 0 saturated carbocycles. The number of carbonyl (C=O) groups is 1. The number of para-hydroxylation sites is 1. The van der Waals surface area contributed by atoms with Gasteiger partial charge in [0.25, 0.3) is 0 Å². The Morgan fingerprint density at radius 2 is 1.68 bits per heavy atom. The monoisotopic (exact) mass is 299 g/mol. The predicted octanol–water partition coefficient (Wildman–Crippen LogP) is 4.77. The molecule has 0 spiro atoms. The summed E-state index contributed by atoms with van der Waals surface area (Å²) in [5, 5.41) is 2.64. The fourth-order valence-corrected chi connectivity index (χ4v) is 2.37. The highest BCUT2D eigenvalue weighted by Gasteiger charge is 2.16. The maximum Gasteiger partial charge on any atom is 0.231 e. The van der Waals surface area contributed by atoms with Gasteiger partial charge >= 0.3 is 0 Å². The molecule has 0 fully saturated rings. The van der Waals surface area contributed by atoms with E-state index in [1.807, 2.05) is 19.1 Å². The lowest BCUT2D eigenvalue weighted by Crippen LogP contribution is -2.19. The lowest BCUT2D eigenvalue weighted by molar-refractivity contribution is -0.117. The van der Waals surface area contributed by atoms with Crippen LogP contribution in [-0.2, 0) is 11.2 Å². The van der Waals surface area contributed by atoms with Crippen LogP contribution in [0.4, 0.5) is 10.1 Å². The molecule has 116 valence electrons. The first-order chi connectivity index (χ1) is 10.5. The summed E-state index contributed by atoms with van der Waals surface area (Å²) in [5.41, 5.74) is 2.41. The van der Waals surface area contributed by atoms with Gasteiger partial charge in [-0.2, -0.15) is 0 Å². The SMILES string of the molecule is CC(C)Cc1ccc(C(C)C(=O)Nc2ccccc2F)cc1. The lowest BCUT2D eigenvalue weighted by Gasteiger charge is -2.14. The molecule has 2 aromatic carbocycles. The average Bonchev–Trinajstić information content (AvgIpc) is 2.49. The van der Waals surface area contributed by atoms with E-state index in [-0.39, 0.29) is 17.5 Å². The molecule has 0 radical (unpaired) electrons. The third-order valence-electron chi connectivity index (χ3n) is 3.65. The van der Waals surface area contributed by atoms with Crippen molar-refractivity contribution in [2.24, 2.45) is 5.92 Å². The molecule has 2 aromatic rings. The standard InChI is InChI=1S/C19H22FNO/c1-13(2)12-15-8-10-16(11-9-15)14(3)19(22)21-18-7-5-4-6-17(18)20/h4-11,13-14H,12H2,1-3H3,(H,21,22). The van der Waals surface area contributed by atoms with E-state index in [0.29, 0.717) is 5.92 Å². The molecule has 0 heterocycles. The van der Waals surface area contributed by atoms with Crippen LogP contribution < -0.4 is 5.32 Å².